The second-order valence-electron chi connectivity index (χ2n) is 4.89. The van der Waals surface area contributed by atoms with E-state index in [0.29, 0.717) is 0 Å². The molecule has 1 heterocycles. The summed E-state index contributed by atoms with van der Waals surface area (Å²) in [6, 6.07) is 2.03. The van der Waals surface area contributed by atoms with E-state index in [1.54, 1.807) is 0 Å². The molecule has 1 aromatic heterocycles. The minimum atomic E-state index is 0.0572. The van der Waals surface area contributed by atoms with E-state index in [2.05, 4.69) is 30.7 Å². The fourth-order valence-corrected chi connectivity index (χ4v) is 1.36. The lowest BCUT2D eigenvalue weighted by molar-refractivity contribution is 0.287. The molecule has 0 aromatic carbocycles. The second-order valence-corrected chi connectivity index (χ2v) is 4.89. The highest BCUT2D eigenvalue weighted by Gasteiger charge is 2.16. The lowest BCUT2D eigenvalue weighted by atomic mass is 9.91. The van der Waals surface area contributed by atoms with Crippen LogP contribution in [0.4, 0.5) is 0 Å². The van der Waals surface area contributed by atoms with Crippen molar-refractivity contribution in [1.29, 1.82) is 0 Å². The number of aromatic nitrogens is 2. The summed E-state index contributed by atoms with van der Waals surface area (Å²) < 4.78 is 0. The summed E-state index contributed by atoms with van der Waals surface area (Å²) in [5.74, 6) is 0.842. The molecular formula is C12H20N2O. The molecule has 0 radical (unpaired) electrons. The third-order valence-corrected chi connectivity index (χ3v) is 2.23. The first-order valence-corrected chi connectivity index (χ1v) is 5.39. The molecule has 15 heavy (non-hydrogen) atoms. The minimum absolute atomic E-state index is 0.0572. The molecule has 0 bridgehead atoms. The summed E-state index contributed by atoms with van der Waals surface area (Å²) in [5.41, 5.74) is 2.13. The average molecular weight is 208 g/mol. The number of hydrogen-bond donors (Lipinski definition) is 1. The zero-order valence-corrected chi connectivity index (χ0v) is 10.0. The van der Waals surface area contributed by atoms with Gasteiger partial charge in [0.2, 0.25) is 0 Å². The normalized spacial score (nSPS) is 11.8. The van der Waals surface area contributed by atoms with Gasteiger partial charge in [0.15, 0.2) is 0 Å². The monoisotopic (exact) mass is 208 g/mol. The van der Waals surface area contributed by atoms with E-state index in [0.717, 1.165) is 30.1 Å². The molecule has 84 valence electrons. The number of nitrogens with zero attached hydrogens (tertiary/aromatic N) is 2. The summed E-state index contributed by atoms with van der Waals surface area (Å²) in [6.07, 6.45) is 1.48. The molecule has 0 unspecified atom stereocenters. The quantitative estimate of drug-likeness (QED) is 0.826. The van der Waals surface area contributed by atoms with Crippen molar-refractivity contribution in [3.8, 4) is 0 Å². The Morgan fingerprint density at radius 3 is 2.47 bits per heavy atom. The van der Waals surface area contributed by atoms with Crippen molar-refractivity contribution in [3.05, 3.63) is 23.3 Å². The standard InChI is InChI=1S/C12H20N2O/c1-9-8-10(12(2,3)4)14-11(13-9)6-5-7-15/h8,15H,5-7H2,1-4H3. The zero-order chi connectivity index (χ0) is 11.5. The summed E-state index contributed by atoms with van der Waals surface area (Å²) in [7, 11) is 0. The molecule has 3 heteroatoms. The SMILES string of the molecule is Cc1cc(C(C)(C)C)nc(CCCO)n1. The predicted molar refractivity (Wildman–Crippen MR) is 60.9 cm³/mol. The van der Waals surface area contributed by atoms with Gasteiger partial charge in [-0.2, -0.15) is 0 Å². The van der Waals surface area contributed by atoms with Crippen LogP contribution in [-0.4, -0.2) is 21.7 Å². The molecule has 0 spiro atoms. The fraction of sp³-hybridized carbons (Fsp3) is 0.667. The Balaban J connectivity index is 2.95. The number of rotatable bonds is 3. The van der Waals surface area contributed by atoms with Crippen molar-refractivity contribution in [2.75, 3.05) is 6.61 Å². The van der Waals surface area contributed by atoms with Crippen molar-refractivity contribution in [2.24, 2.45) is 0 Å². The zero-order valence-electron chi connectivity index (χ0n) is 10.0. The van der Waals surface area contributed by atoms with Crippen LogP contribution in [0.3, 0.4) is 0 Å². The van der Waals surface area contributed by atoms with Crippen molar-refractivity contribution < 1.29 is 5.11 Å². The van der Waals surface area contributed by atoms with Gasteiger partial charge in [0.1, 0.15) is 5.82 Å². The van der Waals surface area contributed by atoms with Gasteiger partial charge in [-0.15, -0.1) is 0 Å². The molecule has 0 atom stereocenters. The van der Waals surface area contributed by atoms with Crippen LogP contribution in [0.5, 0.6) is 0 Å². The maximum Gasteiger partial charge on any atom is 0.128 e. The van der Waals surface area contributed by atoms with Gasteiger partial charge in [0, 0.05) is 29.8 Å². The number of aryl methyl sites for hydroxylation is 2. The fourth-order valence-electron chi connectivity index (χ4n) is 1.36. The summed E-state index contributed by atoms with van der Waals surface area (Å²) in [4.78, 5) is 8.88. The Hall–Kier alpha value is -0.960. The smallest absolute Gasteiger partial charge is 0.128 e. The first-order chi connectivity index (χ1) is 6.93. The van der Waals surface area contributed by atoms with Gasteiger partial charge in [-0.1, -0.05) is 20.8 Å². The van der Waals surface area contributed by atoms with E-state index in [4.69, 9.17) is 5.11 Å². The molecular weight excluding hydrogens is 188 g/mol. The Kier molecular flexibility index (Phi) is 3.80. The molecule has 3 nitrogen and oxygen atoms in total. The van der Waals surface area contributed by atoms with Gasteiger partial charge >= 0.3 is 0 Å². The van der Waals surface area contributed by atoms with Crippen LogP contribution in [0.1, 0.15) is 44.4 Å². The summed E-state index contributed by atoms with van der Waals surface area (Å²) in [5, 5.41) is 8.77. The molecule has 1 rings (SSSR count). The van der Waals surface area contributed by atoms with Gasteiger partial charge in [-0.3, -0.25) is 0 Å². The average Bonchev–Trinajstić information content (AvgIpc) is 2.12. The number of aliphatic hydroxyl groups is 1. The van der Waals surface area contributed by atoms with E-state index in [1.807, 2.05) is 13.0 Å². The maximum absolute atomic E-state index is 8.77. The van der Waals surface area contributed by atoms with E-state index in [1.165, 1.54) is 0 Å². The summed E-state index contributed by atoms with van der Waals surface area (Å²) in [6.45, 7) is 8.61. The minimum Gasteiger partial charge on any atom is -0.396 e. The third kappa shape index (κ3) is 3.59. The van der Waals surface area contributed by atoms with Gasteiger partial charge in [-0.25, -0.2) is 9.97 Å². The van der Waals surface area contributed by atoms with Crippen LogP contribution in [0.15, 0.2) is 6.07 Å². The van der Waals surface area contributed by atoms with Crippen molar-refractivity contribution >= 4 is 0 Å². The first-order valence-electron chi connectivity index (χ1n) is 5.39. The van der Waals surface area contributed by atoms with E-state index in [-0.39, 0.29) is 12.0 Å². The maximum atomic E-state index is 8.77. The molecule has 1 aromatic rings. The Labute approximate surface area is 91.6 Å². The molecule has 0 aliphatic carbocycles. The molecule has 0 amide bonds. The van der Waals surface area contributed by atoms with Crippen LogP contribution >= 0.6 is 0 Å². The van der Waals surface area contributed by atoms with Gasteiger partial charge < -0.3 is 5.11 Å². The second kappa shape index (κ2) is 4.71. The van der Waals surface area contributed by atoms with Crippen LogP contribution in [0.2, 0.25) is 0 Å². The molecule has 1 N–H and O–H groups in total. The van der Waals surface area contributed by atoms with E-state index < -0.39 is 0 Å². The molecule has 0 saturated carbocycles. The third-order valence-electron chi connectivity index (χ3n) is 2.23. The van der Waals surface area contributed by atoms with E-state index >= 15 is 0 Å². The van der Waals surface area contributed by atoms with Crippen molar-refractivity contribution in [2.45, 2.75) is 46.0 Å². The lowest BCUT2D eigenvalue weighted by Gasteiger charge is -2.18. The van der Waals surface area contributed by atoms with Crippen LogP contribution in [0, 0.1) is 6.92 Å². The topological polar surface area (TPSA) is 46.0 Å². The van der Waals surface area contributed by atoms with Gasteiger partial charge in [-0.05, 0) is 19.4 Å². The number of aliphatic hydroxyl groups excluding tert-OH is 1. The molecule has 0 fully saturated rings. The Morgan fingerprint density at radius 1 is 1.27 bits per heavy atom. The Morgan fingerprint density at radius 2 is 1.93 bits per heavy atom. The molecule has 0 aliphatic rings. The molecule has 0 aliphatic heterocycles. The lowest BCUT2D eigenvalue weighted by Crippen LogP contribution is -2.16. The van der Waals surface area contributed by atoms with Gasteiger partial charge in [0.05, 0.1) is 0 Å². The van der Waals surface area contributed by atoms with Crippen LogP contribution in [0.25, 0.3) is 0 Å². The Bertz CT molecular complexity index is 329. The molecule has 0 saturated heterocycles. The number of hydrogen-bond acceptors (Lipinski definition) is 3. The largest absolute Gasteiger partial charge is 0.396 e. The first kappa shape index (κ1) is 12.1. The predicted octanol–water partition coefficient (Wildman–Crippen LogP) is 2.01. The van der Waals surface area contributed by atoms with E-state index in [9.17, 15) is 0 Å². The summed E-state index contributed by atoms with van der Waals surface area (Å²) >= 11 is 0. The highest BCUT2D eigenvalue weighted by molar-refractivity contribution is 5.17. The highest BCUT2D eigenvalue weighted by Crippen LogP contribution is 2.20. The van der Waals surface area contributed by atoms with Crippen LogP contribution < -0.4 is 0 Å². The van der Waals surface area contributed by atoms with Gasteiger partial charge in [0.25, 0.3) is 0 Å². The van der Waals surface area contributed by atoms with Crippen molar-refractivity contribution in [3.63, 3.8) is 0 Å². The highest BCUT2D eigenvalue weighted by atomic mass is 16.2. The van der Waals surface area contributed by atoms with Crippen molar-refractivity contribution in [1.82, 2.24) is 9.97 Å². The van der Waals surface area contributed by atoms with Crippen LogP contribution in [-0.2, 0) is 11.8 Å².